The third kappa shape index (κ3) is 2.93. The van der Waals surface area contributed by atoms with Gasteiger partial charge in [0, 0.05) is 17.6 Å². The molecule has 0 heterocycles. The van der Waals surface area contributed by atoms with Crippen LogP contribution in [0.3, 0.4) is 0 Å². The number of aliphatic hydroxyl groups excluding tert-OH is 2. The Hall–Kier alpha value is -3.56. The number of halogens is 3. The van der Waals surface area contributed by atoms with Crippen molar-refractivity contribution in [1.29, 1.82) is 0 Å². The first kappa shape index (κ1) is 20.7. The van der Waals surface area contributed by atoms with Crippen molar-refractivity contribution in [3.63, 3.8) is 0 Å². The van der Waals surface area contributed by atoms with Gasteiger partial charge in [0.05, 0.1) is 11.5 Å². The fraction of sp³-hybridized carbons (Fsp3) is 0.286. The van der Waals surface area contributed by atoms with E-state index in [1.807, 2.05) is 0 Å². The number of aliphatic hydroxyl groups is 2. The van der Waals surface area contributed by atoms with E-state index < -0.39 is 81.1 Å². The summed E-state index contributed by atoms with van der Waals surface area (Å²) in [4.78, 5) is 37.4. The molecule has 3 unspecified atom stereocenters. The first-order valence-corrected chi connectivity index (χ1v) is 9.34. The number of carbonyl (C=O) groups excluding carboxylic acids is 3. The predicted molar refractivity (Wildman–Crippen MR) is 99.6 cm³/mol. The molecule has 0 radical (unpaired) electrons. The van der Waals surface area contributed by atoms with Crippen LogP contribution < -0.4 is 5.73 Å². The minimum atomic E-state index is -2.58. The molecular weight excluding hydrogens is 419 g/mol. The number of aromatic hydroxyl groups is 1. The third-order valence-corrected chi connectivity index (χ3v) is 6.17. The van der Waals surface area contributed by atoms with Crippen molar-refractivity contribution < 1.29 is 42.9 Å². The summed E-state index contributed by atoms with van der Waals surface area (Å²) in [5.74, 6) is -9.30. The quantitative estimate of drug-likeness (QED) is 0.527. The zero-order chi connectivity index (χ0) is 22.8. The van der Waals surface area contributed by atoms with Crippen LogP contribution in [-0.4, -0.2) is 32.8 Å². The molecule has 31 heavy (non-hydrogen) atoms. The molecule has 3 aliphatic rings. The lowest BCUT2D eigenvalue weighted by molar-refractivity contribution is -0.126. The second-order valence-corrected chi connectivity index (χ2v) is 7.82. The Morgan fingerprint density at radius 3 is 2.35 bits per heavy atom. The molecule has 0 aromatic heterocycles. The monoisotopic (exact) mass is 435 g/mol. The molecule has 10 heteroatoms. The highest BCUT2D eigenvalue weighted by atomic mass is 19.3. The van der Waals surface area contributed by atoms with E-state index in [9.17, 15) is 42.9 Å². The summed E-state index contributed by atoms with van der Waals surface area (Å²) in [6, 6.07) is 1.84. The number of benzene rings is 1. The number of carbonyl (C=O) groups is 3. The van der Waals surface area contributed by atoms with Crippen LogP contribution in [-0.2, 0) is 16.0 Å². The van der Waals surface area contributed by atoms with Gasteiger partial charge in [-0.1, -0.05) is 0 Å². The van der Waals surface area contributed by atoms with E-state index in [0.29, 0.717) is 0 Å². The van der Waals surface area contributed by atoms with Crippen molar-refractivity contribution >= 4 is 23.3 Å². The third-order valence-electron chi connectivity index (χ3n) is 6.17. The Labute approximate surface area is 173 Å². The maximum absolute atomic E-state index is 14.0. The van der Waals surface area contributed by atoms with Gasteiger partial charge >= 0.3 is 6.08 Å². The van der Waals surface area contributed by atoms with Crippen LogP contribution in [0.25, 0.3) is 5.83 Å². The maximum atomic E-state index is 14.0. The molecule has 4 rings (SSSR count). The second kappa shape index (κ2) is 7.00. The molecule has 0 bridgehead atoms. The summed E-state index contributed by atoms with van der Waals surface area (Å²) < 4.78 is 39.8. The molecular formula is C21H16F3NO6. The van der Waals surface area contributed by atoms with Crippen LogP contribution in [0.2, 0.25) is 0 Å². The van der Waals surface area contributed by atoms with Crippen LogP contribution in [0.4, 0.5) is 13.2 Å². The largest absolute Gasteiger partial charge is 0.511 e. The van der Waals surface area contributed by atoms with Gasteiger partial charge in [0.2, 0.25) is 0 Å². The van der Waals surface area contributed by atoms with E-state index in [1.54, 1.807) is 0 Å². The molecule has 0 aliphatic heterocycles. The minimum Gasteiger partial charge on any atom is -0.511 e. The van der Waals surface area contributed by atoms with Gasteiger partial charge in [-0.05, 0) is 42.4 Å². The van der Waals surface area contributed by atoms with Crippen molar-refractivity contribution in [3.8, 4) is 5.75 Å². The van der Waals surface area contributed by atoms with Crippen molar-refractivity contribution in [2.24, 2.45) is 23.5 Å². The molecule has 5 N–H and O–H groups in total. The molecule has 3 aliphatic carbocycles. The fourth-order valence-electron chi connectivity index (χ4n) is 4.95. The van der Waals surface area contributed by atoms with Gasteiger partial charge in [0.1, 0.15) is 22.8 Å². The zero-order valence-corrected chi connectivity index (χ0v) is 15.8. The zero-order valence-electron chi connectivity index (χ0n) is 15.8. The van der Waals surface area contributed by atoms with Crippen LogP contribution in [0.5, 0.6) is 5.75 Å². The number of phenolic OH excluding ortho intramolecular Hbond substituents is 1. The number of nitrogens with two attached hydrogens (primary N) is 1. The van der Waals surface area contributed by atoms with Crippen molar-refractivity contribution in [3.05, 3.63) is 57.6 Å². The van der Waals surface area contributed by atoms with E-state index in [-0.39, 0.29) is 30.4 Å². The van der Waals surface area contributed by atoms with Crippen LogP contribution in [0.1, 0.15) is 34.3 Å². The highest BCUT2D eigenvalue weighted by Crippen LogP contribution is 2.50. The van der Waals surface area contributed by atoms with Crippen molar-refractivity contribution in [2.75, 3.05) is 0 Å². The lowest BCUT2D eigenvalue weighted by Crippen LogP contribution is -2.43. The number of hydrogen-bond donors (Lipinski definition) is 4. The summed E-state index contributed by atoms with van der Waals surface area (Å²) in [5, 5.41) is 31.0. The lowest BCUT2D eigenvalue weighted by Gasteiger charge is -2.41. The number of hydrogen-bond acceptors (Lipinski definition) is 6. The number of phenols is 1. The molecule has 0 fully saturated rings. The molecule has 7 nitrogen and oxygen atoms in total. The summed E-state index contributed by atoms with van der Waals surface area (Å²) in [5.41, 5.74) is 3.20. The molecule has 162 valence electrons. The van der Waals surface area contributed by atoms with E-state index >= 15 is 0 Å². The molecule has 0 saturated carbocycles. The van der Waals surface area contributed by atoms with Crippen molar-refractivity contribution in [2.45, 2.75) is 19.3 Å². The van der Waals surface area contributed by atoms with Crippen molar-refractivity contribution in [1.82, 2.24) is 0 Å². The van der Waals surface area contributed by atoms with Gasteiger partial charge in [-0.25, -0.2) is 4.39 Å². The van der Waals surface area contributed by atoms with Gasteiger partial charge in [-0.2, -0.15) is 8.78 Å². The number of amides is 1. The number of fused-ring (bicyclic) bond motifs is 3. The van der Waals surface area contributed by atoms with Crippen LogP contribution in [0, 0.1) is 17.8 Å². The molecule has 3 atom stereocenters. The van der Waals surface area contributed by atoms with Gasteiger partial charge < -0.3 is 21.1 Å². The Morgan fingerprint density at radius 1 is 1.06 bits per heavy atom. The van der Waals surface area contributed by atoms with Gasteiger partial charge in [0.15, 0.2) is 17.4 Å². The lowest BCUT2D eigenvalue weighted by atomic mass is 9.62. The average molecular weight is 435 g/mol. The number of allylic oxidation sites excluding steroid dienone is 3. The smallest absolute Gasteiger partial charge is 0.306 e. The normalized spacial score (nSPS) is 25.1. The summed E-state index contributed by atoms with van der Waals surface area (Å²) in [7, 11) is 0. The summed E-state index contributed by atoms with van der Waals surface area (Å²) >= 11 is 0. The summed E-state index contributed by atoms with van der Waals surface area (Å²) in [6.07, 6.45) is -2.82. The topological polar surface area (TPSA) is 138 Å². The van der Waals surface area contributed by atoms with E-state index in [1.165, 1.54) is 0 Å². The number of Topliss-reactive ketones (excluding diaryl/α,β-unsaturated/α-hetero) is 2. The summed E-state index contributed by atoms with van der Waals surface area (Å²) in [6.45, 7) is 0. The molecule has 1 aromatic rings. The molecule has 1 aromatic carbocycles. The minimum absolute atomic E-state index is 0.0790. The van der Waals surface area contributed by atoms with E-state index in [2.05, 4.69) is 0 Å². The highest BCUT2D eigenvalue weighted by Gasteiger charge is 2.50. The van der Waals surface area contributed by atoms with Crippen LogP contribution >= 0.6 is 0 Å². The SMILES string of the molecule is NC(=O)C1=C(O)CC2CC3Cc4c(C(F)=C(F)F)ccc(O)c4C(=O)C3=C(O)C2C1=O. The number of primary amides is 1. The second-order valence-electron chi connectivity index (χ2n) is 7.82. The Bertz CT molecular complexity index is 1160. The van der Waals surface area contributed by atoms with E-state index in [0.717, 1.165) is 12.1 Å². The first-order valence-electron chi connectivity index (χ1n) is 9.34. The Kier molecular flexibility index (Phi) is 4.68. The predicted octanol–water partition coefficient (Wildman–Crippen LogP) is 3.00. The standard InChI is InChI=1S/C21H16F3NO6/c22-16(20(23)24)8-1-2-10(26)14-9(8)4-6-3-7-5-11(27)15(21(25)31)19(30)13(7)17(28)12(6)18(14)29/h1-2,6-7,13,26-28H,3-5H2,(H2,25,31). The van der Waals surface area contributed by atoms with Gasteiger partial charge in [-0.3, -0.25) is 14.4 Å². The van der Waals surface area contributed by atoms with E-state index in [4.69, 9.17) is 5.73 Å². The number of rotatable bonds is 2. The average Bonchev–Trinajstić information content (AvgIpc) is 2.66. The van der Waals surface area contributed by atoms with Gasteiger partial charge in [0.25, 0.3) is 5.91 Å². The van der Waals surface area contributed by atoms with Gasteiger partial charge in [-0.15, -0.1) is 0 Å². The maximum Gasteiger partial charge on any atom is 0.306 e. The fourth-order valence-corrected chi connectivity index (χ4v) is 4.95. The Morgan fingerprint density at radius 2 is 1.74 bits per heavy atom. The first-order chi connectivity index (χ1) is 14.5. The highest BCUT2D eigenvalue weighted by molar-refractivity contribution is 6.22. The molecule has 1 amide bonds. The van der Waals surface area contributed by atoms with Crippen LogP contribution in [0.15, 0.2) is 40.9 Å². The molecule has 0 saturated heterocycles. The number of ketones is 2. The molecule has 0 spiro atoms. The Balaban J connectivity index is 1.88.